The van der Waals surface area contributed by atoms with Gasteiger partial charge in [0.2, 0.25) is 0 Å². The maximum atomic E-state index is 12.8. The zero-order chi connectivity index (χ0) is 19.1. The first-order valence-electron chi connectivity index (χ1n) is 7.64. The molecule has 4 N–H and O–H groups in total. The zero-order valence-corrected chi connectivity index (χ0v) is 14.0. The van der Waals surface area contributed by atoms with Crippen LogP contribution in [0.2, 0.25) is 0 Å². The van der Waals surface area contributed by atoms with Crippen molar-refractivity contribution in [3.05, 3.63) is 53.5 Å². The molecule has 0 unspecified atom stereocenters. The maximum Gasteiger partial charge on any atom is 0.433 e. The molecule has 2 heterocycles. The molecule has 0 spiro atoms. The van der Waals surface area contributed by atoms with Crippen molar-refractivity contribution in [2.75, 3.05) is 0 Å². The molecule has 6 nitrogen and oxygen atoms in total. The molecule has 3 rings (SSSR count). The van der Waals surface area contributed by atoms with Crippen molar-refractivity contribution in [3.63, 3.8) is 0 Å². The van der Waals surface area contributed by atoms with E-state index in [9.17, 15) is 18.3 Å². The summed E-state index contributed by atoms with van der Waals surface area (Å²) in [5.74, 6) is -0.190. The number of hydrogen-bond donors (Lipinski definition) is 3. The molecule has 136 valence electrons. The quantitative estimate of drug-likeness (QED) is 0.491. The van der Waals surface area contributed by atoms with E-state index in [-0.39, 0.29) is 11.5 Å². The van der Waals surface area contributed by atoms with Crippen LogP contribution in [0.15, 0.2) is 41.5 Å². The van der Waals surface area contributed by atoms with E-state index in [1.807, 2.05) is 0 Å². The van der Waals surface area contributed by atoms with E-state index >= 15 is 0 Å². The number of fused-ring (bicyclic) bond motifs is 1. The van der Waals surface area contributed by atoms with Crippen molar-refractivity contribution >= 4 is 22.4 Å². The number of H-pyrrole nitrogens is 1. The molecule has 0 fully saturated rings. The van der Waals surface area contributed by atoms with Gasteiger partial charge >= 0.3 is 6.18 Å². The average Bonchev–Trinajstić information content (AvgIpc) is 3.00. The molecule has 0 atom stereocenters. The van der Waals surface area contributed by atoms with Crippen LogP contribution in [0.3, 0.4) is 0 Å². The molecule has 0 saturated heterocycles. The maximum absolute atomic E-state index is 12.8. The molecule has 9 heteroatoms. The summed E-state index contributed by atoms with van der Waals surface area (Å²) < 4.78 is 38.5. The van der Waals surface area contributed by atoms with Gasteiger partial charge in [-0.1, -0.05) is 6.07 Å². The molecule has 2 aromatic heterocycles. The Morgan fingerprint density at radius 1 is 1.23 bits per heavy atom. The van der Waals surface area contributed by atoms with Crippen LogP contribution in [0.1, 0.15) is 30.8 Å². The molecule has 0 aliphatic carbocycles. The minimum absolute atomic E-state index is 0.103. The van der Waals surface area contributed by atoms with Crippen molar-refractivity contribution in [1.82, 2.24) is 15.2 Å². The number of aliphatic hydroxyl groups is 1. The van der Waals surface area contributed by atoms with Gasteiger partial charge in [0.05, 0.1) is 23.0 Å². The molecular formula is C17H16F3N5O. The van der Waals surface area contributed by atoms with Gasteiger partial charge in [0, 0.05) is 10.9 Å². The summed E-state index contributed by atoms with van der Waals surface area (Å²) >= 11 is 0. The van der Waals surface area contributed by atoms with Crippen LogP contribution in [-0.2, 0) is 11.8 Å². The molecular weight excluding hydrogens is 347 g/mol. The summed E-state index contributed by atoms with van der Waals surface area (Å²) in [5, 5.41) is 17.8. The Kier molecular flexibility index (Phi) is 4.19. The number of nitrogens with one attached hydrogen (secondary N) is 1. The third kappa shape index (κ3) is 3.52. The van der Waals surface area contributed by atoms with Crippen molar-refractivity contribution < 1.29 is 18.3 Å². The van der Waals surface area contributed by atoms with Crippen LogP contribution >= 0.6 is 0 Å². The lowest BCUT2D eigenvalue weighted by Gasteiger charge is -2.20. The van der Waals surface area contributed by atoms with Gasteiger partial charge in [-0.25, -0.2) is 9.98 Å². The number of aromatic nitrogens is 3. The van der Waals surface area contributed by atoms with E-state index in [0.29, 0.717) is 16.8 Å². The van der Waals surface area contributed by atoms with E-state index in [2.05, 4.69) is 20.2 Å². The number of alkyl halides is 3. The lowest BCUT2D eigenvalue weighted by molar-refractivity contribution is -0.141. The number of nitrogens with zero attached hydrogens (tertiary/aromatic N) is 3. The molecule has 0 radical (unpaired) electrons. The molecule has 0 saturated carbocycles. The standard InChI is InChI=1S/C17H16F3N5O/c1-16(2,26)10-7-12-9(8-22-25-12)6-13(10)24-15(21)11-4-3-5-14(23-11)17(18,19)20/h3-8,26H,1-2H3,(H2,21,24)(H,22,25). The molecule has 0 amide bonds. The second-order valence-corrected chi connectivity index (χ2v) is 6.29. The summed E-state index contributed by atoms with van der Waals surface area (Å²) in [7, 11) is 0. The summed E-state index contributed by atoms with van der Waals surface area (Å²) in [6.45, 7) is 3.14. The highest BCUT2D eigenvalue weighted by Crippen LogP contribution is 2.33. The number of pyridine rings is 1. The zero-order valence-electron chi connectivity index (χ0n) is 14.0. The second-order valence-electron chi connectivity index (χ2n) is 6.29. The molecule has 0 aliphatic rings. The summed E-state index contributed by atoms with van der Waals surface area (Å²) in [5.41, 5.74) is 4.94. The fraction of sp³-hybridized carbons (Fsp3) is 0.235. The summed E-state index contributed by atoms with van der Waals surface area (Å²) in [6.07, 6.45) is -3.01. The smallest absolute Gasteiger partial charge is 0.386 e. The van der Waals surface area contributed by atoms with Gasteiger partial charge in [-0.3, -0.25) is 5.10 Å². The van der Waals surface area contributed by atoms with Crippen LogP contribution in [-0.4, -0.2) is 26.1 Å². The van der Waals surface area contributed by atoms with E-state index in [0.717, 1.165) is 11.5 Å². The van der Waals surface area contributed by atoms with Gasteiger partial charge in [0.25, 0.3) is 0 Å². The predicted molar refractivity (Wildman–Crippen MR) is 91.0 cm³/mol. The highest BCUT2D eigenvalue weighted by Gasteiger charge is 2.32. The summed E-state index contributed by atoms with van der Waals surface area (Å²) in [4.78, 5) is 7.73. The number of halogens is 3. The fourth-order valence-corrected chi connectivity index (χ4v) is 2.48. The topological polar surface area (TPSA) is 100 Å². The van der Waals surface area contributed by atoms with E-state index in [1.54, 1.807) is 32.2 Å². The van der Waals surface area contributed by atoms with Crippen LogP contribution in [0.25, 0.3) is 10.9 Å². The van der Waals surface area contributed by atoms with Gasteiger partial charge < -0.3 is 10.8 Å². The monoisotopic (exact) mass is 363 g/mol. The predicted octanol–water partition coefficient (Wildman–Crippen LogP) is 3.24. The number of nitrogens with two attached hydrogens (primary N) is 1. The number of hydrogen-bond acceptors (Lipinski definition) is 4. The molecule has 26 heavy (non-hydrogen) atoms. The Morgan fingerprint density at radius 2 is 1.96 bits per heavy atom. The largest absolute Gasteiger partial charge is 0.433 e. The van der Waals surface area contributed by atoms with E-state index in [1.165, 1.54) is 12.1 Å². The Bertz CT molecular complexity index is 986. The third-order valence-corrected chi connectivity index (χ3v) is 3.76. The highest BCUT2D eigenvalue weighted by molar-refractivity contribution is 5.98. The highest BCUT2D eigenvalue weighted by atomic mass is 19.4. The molecule has 1 aromatic carbocycles. The third-order valence-electron chi connectivity index (χ3n) is 3.76. The SMILES string of the molecule is CC(C)(O)c1cc2[nH]ncc2cc1N=C(N)c1cccc(C(F)(F)F)n1. The molecule has 3 aromatic rings. The van der Waals surface area contributed by atoms with Gasteiger partial charge in [0.15, 0.2) is 0 Å². The van der Waals surface area contributed by atoms with E-state index in [4.69, 9.17) is 5.73 Å². The lowest BCUT2D eigenvalue weighted by Crippen LogP contribution is -2.19. The van der Waals surface area contributed by atoms with Crippen LogP contribution in [0.5, 0.6) is 0 Å². The normalized spacial score (nSPS) is 13.4. The second kappa shape index (κ2) is 6.10. The molecule has 0 bridgehead atoms. The number of aromatic amines is 1. The van der Waals surface area contributed by atoms with Gasteiger partial charge in [-0.05, 0) is 38.1 Å². The number of amidine groups is 1. The minimum atomic E-state index is -4.58. The van der Waals surface area contributed by atoms with Crippen LogP contribution < -0.4 is 5.73 Å². The Labute approximate surface area is 146 Å². The number of aliphatic imine (C=N–C) groups is 1. The van der Waals surface area contributed by atoms with Crippen molar-refractivity contribution in [1.29, 1.82) is 0 Å². The van der Waals surface area contributed by atoms with Gasteiger partial charge in [-0.2, -0.15) is 18.3 Å². The Balaban J connectivity index is 2.12. The van der Waals surface area contributed by atoms with Crippen molar-refractivity contribution in [3.8, 4) is 0 Å². The van der Waals surface area contributed by atoms with Crippen LogP contribution in [0, 0.1) is 0 Å². The molecule has 0 aliphatic heterocycles. The van der Waals surface area contributed by atoms with E-state index < -0.39 is 17.5 Å². The van der Waals surface area contributed by atoms with Crippen molar-refractivity contribution in [2.24, 2.45) is 10.7 Å². The first-order valence-corrected chi connectivity index (χ1v) is 7.64. The summed E-state index contributed by atoms with van der Waals surface area (Å²) in [6, 6.07) is 6.73. The fourth-order valence-electron chi connectivity index (χ4n) is 2.48. The van der Waals surface area contributed by atoms with Gasteiger partial charge in [-0.15, -0.1) is 0 Å². The Morgan fingerprint density at radius 3 is 2.62 bits per heavy atom. The minimum Gasteiger partial charge on any atom is -0.386 e. The number of rotatable bonds is 3. The average molecular weight is 363 g/mol. The van der Waals surface area contributed by atoms with Gasteiger partial charge in [0.1, 0.15) is 17.2 Å². The first kappa shape index (κ1) is 17.9. The Hall–Kier alpha value is -2.94. The van der Waals surface area contributed by atoms with Crippen molar-refractivity contribution in [2.45, 2.75) is 25.6 Å². The lowest BCUT2D eigenvalue weighted by atomic mass is 9.95. The number of benzene rings is 1. The van der Waals surface area contributed by atoms with Crippen LogP contribution in [0.4, 0.5) is 18.9 Å². The first-order chi connectivity index (χ1) is 12.1.